The first-order valence-corrected chi connectivity index (χ1v) is 11.9. The van der Waals surface area contributed by atoms with Gasteiger partial charge in [0.2, 0.25) is 0 Å². The number of nitrogens with zero attached hydrogens (tertiary/aromatic N) is 2. The number of rotatable bonds is 6. The third kappa shape index (κ3) is 3.87. The number of aryl methyl sites for hydroxylation is 1. The van der Waals surface area contributed by atoms with Gasteiger partial charge >= 0.3 is 5.97 Å². The molecule has 0 spiro atoms. The number of carboxylic acid groups (broad SMARTS) is 1. The van der Waals surface area contributed by atoms with Crippen LogP contribution in [-0.2, 0) is 19.7 Å². The van der Waals surface area contributed by atoms with Gasteiger partial charge in [-0.05, 0) is 55.2 Å². The zero-order valence-corrected chi connectivity index (χ0v) is 20.7. The third-order valence-corrected chi connectivity index (χ3v) is 7.15. The van der Waals surface area contributed by atoms with Gasteiger partial charge in [-0.1, -0.05) is 13.8 Å². The molecule has 36 heavy (non-hydrogen) atoms. The van der Waals surface area contributed by atoms with Crippen LogP contribution in [0.4, 0.5) is 8.78 Å². The quantitative estimate of drug-likeness (QED) is 0.374. The number of aliphatic carboxylic acids is 1. The maximum absolute atomic E-state index is 16.2. The topological polar surface area (TPSA) is 89.4 Å². The number of carboxylic acids is 1. The maximum atomic E-state index is 16.2. The highest BCUT2D eigenvalue weighted by Gasteiger charge is 2.38. The second-order valence-electron chi connectivity index (χ2n) is 10.2. The van der Waals surface area contributed by atoms with Crippen molar-refractivity contribution in [2.24, 2.45) is 0 Å². The van der Waals surface area contributed by atoms with Crippen molar-refractivity contribution in [1.82, 2.24) is 14.8 Å². The van der Waals surface area contributed by atoms with E-state index in [0.717, 1.165) is 11.3 Å². The van der Waals surface area contributed by atoms with E-state index in [1.165, 1.54) is 6.07 Å². The molecule has 0 saturated carbocycles. The van der Waals surface area contributed by atoms with Gasteiger partial charge in [0.05, 0.1) is 24.9 Å². The van der Waals surface area contributed by atoms with Crippen molar-refractivity contribution >= 4 is 27.8 Å². The normalized spacial score (nSPS) is 18.8. The van der Waals surface area contributed by atoms with Crippen LogP contribution in [0.1, 0.15) is 49.4 Å². The molecule has 1 saturated heterocycles. The van der Waals surface area contributed by atoms with E-state index in [1.807, 2.05) is 24.5 Å². The highest BCUT2D eigenvalue weighted by atomic mass is 19.1. The predicted molar refractivity (Wildman–Crippen MR) is 132 cm³/mol. The molecule has 4 aromatic rings. The zero-order chi connectivity index (χ0) is 25.8. The summed E-state index contributed by atoms with van der Waals surface area (Å²) in [5.74, 6) is -1.99. The molecule has 2 aromatic heterocycles. The van der Waals surface area contributed by atoms with Crippen molar-refractivity contribution in [3.8, 4) is 5.69 Å². The summed E-state index contributed by atoms with van der Waals surface area (Å²) in [7, 11) is 1.62. The Morgan fingerprint density at radius 1 is 1.31 bits per heavy atom. The number of hydrogen-bond acceptors (Lipinski definition) is 4. The summed E-state index contributed by atoms with van der Waals surface area (Å²) in [5.41, 5.74) is 3.11. The predicted octanol–water partition coefficient (Wildman–Crippen LogP) is 5.36. The molecule has 2 aromatic carbocycles. The van der Waals surface area contributed by atoms with E-state index in [1.54, 1.807) is 32.4 Å². The second kappa shape index (κ2) is 8.97. The SMILES string of the molecule is COCC(C)(C)c1c([C@H]2CC[C@H](C(=O)O)OC2)c2c(F)c3[nH]ncc3cc2n1-c1ccc(F)c(C)c1. The molecule has 0 amide bonds. The van der Waals surface area contributed by atoms with Crippen molar-refractivity contribution < 1.29 is 28.2 Å². The number of benzene rings is 2. The molecular weight excluding hydrogens is 468 g/mol. The average Bonchev–Trinajstić information content (AvgIpc) is 3.45. The summed E-state index contributed by atoms with van der Waals surface area (Å²) in [6.45, 7) is 6.24. The Morgan fingerprint density at radius 2 is 2.08 bits per heavy atom. The Balaban J connectivity index is 1.87. The van der Waals surface area contributed by atoms with Crippen molar-refractivity contribution in [3.63, 3.8) is 0 Å². The van der Waals surface area contributed by atoms with Crippen LogP contribution in [0.2, 0.25) is 0 Å². The van der Waals surface area contributed by atoms with E-state index in [-0.39, 0.29) is 18.3 Å². The first kappa shape index (κ1) is 24.4. The maximum Gasteiger partial charge on any atom is 0.332 e. The molecular formula is C27H29F2N3O4. The van der Waals surface area contributed by atoms with Crippen LogP contribution in [0, 0.1) is 18.6 Å². The number of hydrogen-bond donors (Lipinski definition) is 2. The molecule has 1 aliphatic rings. The summed E-state index contributed by atoms with van der Waals surface area (Å²) in [6.07, 6.45) is 1.54. The molecule has 9 heteroatoms. The Bertz CT molecular complexity index is 1470. The number of halogens is 2. The third-order valence-electron chi connectivity index (χ3n) is 7.15. The van der Waals surface area contributed by atoms with E-state index in [9.17, 15) is 14.3 Å². The Labute approximate surface area is 207 Å². The van der Waals surface area contributed by atoms with Crippen LogP contribution in [0.15, 0.2) is 30.5 Å². The Kier molecular flexibility index (Phi) is 6.08. The van der Waals surface area contributed by atoms with E-state index >= 15 is 4.39 Å². The van der Waals surface area contributed by atoms with E-state index in [0.29, 0.717) is 52.5 Å². The van der Waals surface area contributed by atoms with Crippen LogP contribution >= 0.6 is 0 Å². The lowest BCUT2D eigenvalue weighted by Gasteiger charge is -2.32. The molecule has 0 radical (unpaired) electrons. The number of nitrogens with one attached hydrogen (secondary N) is 1. The number of aromatic nitrogens is 3. The lowest BCUT2D eigenvalue weighted by molar-refractivity contribution is -0.153. The van der Waals surface area contributed by atoms with Gasteiger partial charge in [0, 0.05) is 40.6 Å². The summed E-state index contributed by atoms with van der Waals surface area (Å²) in [6, 6.07) is 6.74. The van der Waals surface area contributed by atoms with Gasteiger partial charge in [0.25, 0.3) is 0 Å². The summed E-state index contributed by atoms with van der Waals surface area (Å²) < 4.78 is 43.8. The van der Waals surface area contributed by atoms with Crippen LogP contribution < -0.4 is 0 Å². The Morgan fingerprint density at radius 3 is 2.72 bits per heavy atom. The molecule has 0 bridgehead atoms. The number of ether oxygens (including phenoxy) is 2. The first-order chi connectivity index (χ1) is 17.1. The zero-order valence-electron chi connectivity index (χ0n) is 20.7. The number of aromatic amines is 1. The second-order valence-corrected chi connectivity index (χ2v) is 10.2. The van der Waals surface area contributed by atoms with Crippen LogP contribution in [0.25, 0.3) is 27.5 Å². The summed E-state index contributed by atoms with van der Waals surface area (Å²) in [4.78, 5) is 11.5. The van der Waals surface area contributed by atoms with Crippen molar-refractivity contribution in [2.75, 3.05) is 20.3 Å². The van der Waals surface area contributed by atoms with Gasteiger partial charge in [-0.2, -0.15) is 5.10 Å². The minimum Gasteiger partial charge on any atom is -0.479 e. The fourth-order valence-corrected chi connectivity index (χ4v) is 5.53. The van der Waals surface area contributed by atoms with Crippen molar-refractivity contribution in [3.05, 3.63) is 58.9 Å². The standard InChI is InChI=1S/C27H29F2N3O4/c1-14-9-17(6-7-18(14)28)32-19-10-16-11-30-31-24(16)23(29)22(19)21(25(32)27(2,3)13-35-4)15-5-8-20(26(33)34)36-12-15/h6-7,9-11,15,20H,5,8,12-13H2,1-4H3,(H,30,31)(H,33,34)/t15-,20+/m0/s1. The first-order valence-electron chi connectivity index (χ1n) is 11.9. The smallest absolute Gasteiger partial charge is 0.332 e. The van der Waals surface area contributed by atoms with Crippen molar-refractivity contribution in [1.29, 1.82) is 0 Å². The van der Waals surface area contributed by atoms with Gasteiger partial charge in [-0.3, -0.25) is 5.10 Å². The summed E-state index contributed by atoms with van der Waals surface area (Å²) in [5, 5.41) is 17.3. The lowest BCUT2D eigenvalue weighted by Crippen LogP contribution is -2.33. The number of carbonyl (C=O) groups is 1. The van der Waals surface area contributed by atoms with Crippen LogP contribution in [-0.4, -0.2) is 52.3 Å². The fraction of sp³-hybridized carbons (Fsp3) is 0.407. The molecule has 7 nitrogen and oxygen atoms in total. The number of H-pyrrole nitrogens is 1. The molecule has 1 fully saturated rings. The molecule has 0 unspecified atom stereocenters. The minimum absolute atomic E-state index is 0.148. The average molecular weight is 498 g/mol. The molecule has 2 N–H and O–H groups in total. The minimum atomic E-state index is -0.997. The van der Waals surface area contributed by atoms with E-state index in [2.05, 4.69) is 10.2 Å². The molecule has 1 aliphatic heterocycles. The molecule has 190 valence electrons. The monoisotopic (exact) mass is 497 g/mol. The number of methoxy groups -OCH3 is 1. The van der Waals surface area contributed by atoms with Gasteiger partial charge < -0.3 is 19.1 Å². The molecule has 2 atom stereocenters. The summed E-state index contributed by atoms with van der Waals surface area (Å²) >= 11 is 0. The highest BCUT2D eigenvalue weighted by Crippen LogP contribution is 2.46. The van der Waals surface area contributed by atoms with E-state index in [4.69, 9.17) is 9.47 Å². The van der Waals surface area contributed by atoms with Gasteiger partial charge in [-0.15, -0.1) is 0 Å². The van der Waals surface area contributed by atoms with Gasteiger partial charge in [-0.25, -0.2) is 13.6 Å². The fourth-order valence-electron chi connectivity index (χ4n) is 5.53. The van der Waals surface area contributed by atoms with Gasteiger partial charge in [0.15, 0.2) is 11.9 Å². The lowest BCUT2D eigenvalue weighted by atomic mass is 9.80. The largest absolute Gasteiger partial charge is 0.479 e. The van der Waals surface area contributed by atoms with Gasteiger partial charge in [0.1, 0.15) is 11.3 Å². The number of fused-ring (bicyclic) bond motifs is 2. The van der Waals surface area contributed by atoms with Crippen LogP contribution in [0.5, 0.6) is 0 Å². The molecule has 5 rings (SSSR count). The highest BCUT2D eigenvalue weighted by molar-refractivity contribution is 6.00. The molecule has 3 heterocycles. The molecule has 0 aliphatic carbocycles. The van der Waals surface area contributed by atoms with E-state index < -0.39 is 23.3 Å². The van der Waals surface area contributed by atoms with Crippen molar-refractivity contribution in [2.45, 2.75) is 51.0 Å². The van der Waals surface area contributed by atoms with Crippen LogP contribution in [0.3, 0.4) is 0 Å². The Hall–Kier alpha value is -3.30.